The van der Waals surface area contributed by atoms with Gasteiger partial charge in [-0.1, -0.05) is 43.1 Å². The van der Waals surface area contributed by atoms with E-state index in [9.17, 15) is 0 Å². The Kier molecular flexibility index (Phi) is 7.60. The summed E-state index contributed by atoms with van der Waals surface area (Å²) < 4.78 is 6.76. The first-order valence-electron chi connectivity index (χ1n) is 7.62. The van der Waals surface area contributed by atoms with Gasteiger partial charge in [0.2, 0.25) is 0 Å². The number of rotatable bonds is 8. The lowest BCUT2D eigenvalue weighted by atomic mass is 9.89. The molecule has 0 aliphatic heterocycles. The van der Waals surface area contributed by atoms with Gasteiger partial charge in [-0.25, -0.2) is 0 Å². The fourth-order valence-corrected chi connectivity index (χ4v) is 2.99. The number of halogens is 1. The van der Waals surface area contributed by atoms with Gasteiger partial charge in [0.1, 0.15) is 5.75 Å². The highest BCUT2D eigenvalue weighted by Crippen LogP contribution is 2.35. The number of hydrogen-bond donors (Lipinski definition) is 1. The fourth-order valence-electron chi connectivity index (χ4n) is 2.63. The molecule has 2 nitrogen and oxygen atoms in total. The molecule has 114 valence electrons. The van der Waals surface area contributed by atoms with Gasteiger partial charge in [-0.05, 0) is 49.9 Å². The van der Waals surface area contributed by atoms with Crippen LogP contribution < -0.4 is 10.1 Å². The van der Waals surface area contributed by atoms with Gasteiger partial charge in [-0.2, -0.15) is 0 Å². The molecule has 0 spiro atoms. The van der Waals surface area contributed by atoms with Gasteiger partial charge >= 0.3 is 0 Å². The van der Waals surface area contributed by atoms with E-state index in [0.29, 0.717) is 12.0 Å². The maximum absolute atomic E-state index is 5.61. The van der Waals surface area contributed by atoms with Gasteiger partial charge in [0.05, 0.1) is 7.11 Å². The second-order valence-electron chi connectivity index (χ2n) is 5.54. The molecule has 20 heavy (non-hydrogen) atoms. The molecular weight excluding hydrogens is 314 g/mol. The largest absolute Gasteiger partial charge is 0.496 e. The molecular formula is C17H28BrNO. The van der Waals surface area contributed by atoms with E-state index in [-0.39, 0.29) is 0 Å². The van der Waals surface area contributed by atoms with Crippen LogP contribution in [-0.2, 0) is 0 Å². The number of ether oxygens (including phenoxy) is 1. The molecule has 1 aromatic rings. The molecule has 3 heteroatoms. The highest BCUT2D eigenvalue weighted by Gasteiger charge is 2.22. The first-order chi connectivity index (χ1) is 9.54. The second kappa shape index (κ2) is 8.68. The van der Waals surface area contributed by atoms with E-state index in [1.807, 2.05) is 0 Å². The highest BCUT2D eigenvalue weighted by molar-refractivity contribution is 9.10. The maximum Gasteiger partial charge on any atom is 0.123 e. The molecule has 0 amide bonds. The molecule has 0 fully saturated rings. The van der Waals surface area contributed by atoms with E-state index >= 15 is 0 Å². The minimum atomic E-state index is 0.349. The van der Waals surface area contributed by atoms with E-state index in [1.165, 1.54) is 24.0 Å². The Morgan fingerprint density at radius 1 is 1.25 bits per heavy atom. The Balaban J connectivity index is 3.14. The summed E-state index contributed by atoms with van der Waals surface area (Å²) in [5.41, 5.74) is 2.47. The predicted octanol–water partition coefficient (Wildman–Crippen LogP) is 5.24. The van der Waals surface area contributed by atoms with Crippen LogP contribution in [0.3, 0.4) is 0 Å². The number of nitrogens with one attached hydrogen (secondary N) is 1. The summed E-state index contributed by atoms with van der Waals surface area (Å²) in [6.07, 6.45) is 3.57. The molecule has 0 aromatic heterocycles. The minimum absolute atomic E-state index is 0.349. The van der Waals surface area contributed by atoms with Gasteiger partial charge in [-0.3, -0.25) is 0 Å². The van der Waals surface area contributed by atoms with Crippen molar-refractivity contribution in [2.45, 2.75) is 53.0 Å². The molecule has 2 atom stereocenters. The summed E-state index contributed by atoms with van der Waals surface area (Å²) in [5, 5.41) is 3.69. The smallest absolute Gasteiger partial charge is 0.123 e. The van der Waals surface area contributed by atoms with E-state index < -0.39 is 0 Å². The lowest BCUT2D eigenvalue weighted by Crippen LogP contribution is -2.28. The van der Waals surface area contributed by atoms with E-state index in [0.717, 1.165) is 23.2 Å². The number of hydrogen-bond acceptors (Lipinski definition) is 2. The highest BCUT2D eigenvalue weighted by atomic mass is 79.9. The van der Waals surface area contributed by atoms with Crippen molar-refractivity contribution in [3.63, 3.8) is 0 Å². The summed E-state index contributed by atoms with van der Waals surface area (Å²) in [7, 11) is 1.76. The first kappa shape index (κ1) is 17.5. The summed E-state index contributed by atoms with van der Waals surface area (Å²) in [6.45, 7) is 9.91. The Morgan fingerprint density at radius 3 is 2.50 bits per heavy atom. The van der Waals surface area contributed by atoms with Gasteiger partial charge in [0.25, 0.3) is 0 Å². The topological polar surface area (TPSA) is 21.3 Å². The summed E-state index contributed by atoms with van der Waals surface area (Å²) >= 11 is 3.65. The van der Waals surface area contributed by atoms with Crippen molar-refractivity contribution in [3.8, 4) is 5.75 Å². The van der Waals surface area contributed by atoms with Crippen molar-refractivity contribution in [3.05, 3.63) is 27.7 Å². The van der Waals surface area contributed by atoms with Crippen molar-refractivity contribution in [2.75, 3.05) is 13.7 Å². The normalized spacial score (nSPS) is 14.1. The molecule has 0 radical (unpaired) electrons. The number of aryl methyl sites for hydroxylation is 1. The van der Waals surface area contributed by atoms with Crippen LogP contribution in [0, 0.1) is 12.8 Å². The van der Waals surface area contributed by atoms with E-state index in [1.54, 1.807) is 7.11 Å². The number of benzene rings is 1. The zero-order chi connectivity index (χ0) is 15.1. The van der Waals surface area contributed by atoms with Crippen LogP contribution in [0.5, 0.6) is 5.75 Å². The first-order valence-corrected chi connectivity index (χ1v) is 8.41. The van der Waals surface area contributed by atoms with Crippen LogP contribution in [0.2, 0.25) is 0 Å². The summed E-state index contributed by atoms with van der Waals surface area (Å²) in [4.78, 5) is 0. The van der Waals surface area contributed by atoms with Gasteiger partial charge < -0.3 is 10.1 Å². The molecule has 1 N–H and O–H groups in total. The third-order valence-corrected chi connectivity index (χ3v) is 4.63. The summed E-state index contributed by atoms with van der Waals surface area (Å²) in [6, 6.07) is 4.69. The van der Waals surface area contributed by atoms with Crippen molar-refractivity contribution >= 4 is 15.9 Å². The van der Waals surface area contributed by atoms with Gasteiger partial charge in [0, 0.05) is 16.1 Å². The minimum Gasteiger partial charge on any atom is -0.496 e. The molecule has 0 heterocycles. The van der Waals surface area contributed by atoms with E-state index in [4.69, 9.17) is 4.74 Å². The Morgan fingerprint density at radius 2 is 1.95 bits per heavy atom. The fraction of sp³-hybridized carbons (Fsp3) is 0.647. The van der Waals surface area contributed by atoms with Crippen LogP contribution in [0.4, 0.5) is 0 Å². The standard InChI is InChI=1S/C17H28BrNO/c1-6-8-12(3)17(19-9-7-2)14-11-15(18)13(4)10-16(14)20-5/h10-12,17,19H,6-9H2,1-5H3. The summed E-state index contributed by atoms with van der Waals surface area (Å²) in [5.74, 6) is 1.58. The third-order valence-electron chi connectivity index (χ3n) is 3.77. The van der Waals surface area contributed by atoms with Crippen LogP contribution in [0.1, 0.15) is 57.2 Å². The molecule has 0 bridgehead atoms. The zero-order valence-electron chi connectivity index (χ0n) is 13.4. The Labute approximate surface area is 132 Å². The monoisotopic (exact) mass is 341 g/mol. The predicted molar refractivity (Wildman–Crippen MR) is 90.5 cm³/mol. The van der Waals surface area contributed by atoms with Gasteiger partial charge in [0.15, 0.2) is 0 Å². The average molecular weight is 342 g/mol. The van der Waals surface area contributed by atoms with Crippen LogP contribution >= 0.6 is 15.9 Å². The maximum atomic E-state index is 5.61. The Hall–Kier alpha value is -0.540. The van der Waals surface area contributed by atoms with Crippen LogP contribution in [0.25, 0.3) is 0 Å². The third kappa shape index (κ3) is 4.49. The van der Waals surface area contributed by atoms with E-state index in [2.05, 4.69) is 61.1 Å². The quantitative estimate of drug-likeness (QED) is 0.697. The molecule has 1 aromatic carbocycles. The molecule has 0 saturated carbocycles. The van der Waals surface area contributed by atoms with Gasteiger partial charge in [-0.15, -0.1) is 0 Å². The molecule has 0 aliphatic rings. The van der Waals surface area contributed by atoms with Crippen LogP contribution in [0.15, 0.2) is 16.6 Å². The SMILES string of the molecule is CCCNC(c1cc(Br)c(C)cc1OC)C(C)CCC. The number of methoxy groups -OCH3 is 1. The molecule has 2 unspecified atom stereocenters. The molecule has 0 saturated heterocycles. The van der Waals surface area contributed by atoms with Crippen molar-refractivity contribution < 1.29 is 4.74 Å². The lowest BCUT2D eigenvalue weighted by molar-refractivity contribution is 0.342. The zero-order valence-corrected chi connectivity index (χ0v) is 15.0. The average Bonchev–Trinajstić information content (AvgIpc) is 2.43. The molecule has 0 aliphatic carbocycles. The lowest BCUT2D eigenvalue weighted by Gasteiger charge is -2.27. The Bertz CT molecular complexity index is 420. The van der Waals surface area contributed by atoms with Crippen molar-refractivity contribution in [1.29, 1.82) is 0 Å². The van der Waals surface area contributed by atoms with Crippen molar-refractivity contribution in [1.82, 2.24) is 5.32 Å². The molecule has 1 rings (SSSR count). The van der Waals surface area contributed by atoms with Crippen LogP contribution in [-0.4, -0.2) is 13.7 Å². The second-order valence-corrected chi connectivity index (χ2v) is 6.40. The van der Waals surface area contributed by atoms with Crippen molar-refractivity contribution in [2.24, 2.45) is 5.92 Å².